The molecule has 1 aliphatic carbocycles. The molecule has 2 nitrogen and oxygen atoms in total. The van der Waals surface area contributed by atoms with Gasteiger partial charge in [-0.25, -0.2) is 0 Å². The van der Waals surface area contributed by atoms with Crippen LogP contribution in [-0.2, 0) is 4.79 Å². The number of Topliss-reactive ketones (excluding diaryl/α,β-unsaturated/α-hetero) is 1. The van der Waals surface area contributed by atoms with Gasteiger partial charge in [0.2, 0.25) is 0 Å². The molecule has 1 N–H and O–H groups in total. The van der Waals surface area contributed by atoms with Gasteiger partial charge in [0, 0.05) is 5.69 Å². The number of nitrogens with one attached hydrogen (secondary N) is 1. The number of benzene rings is 1. The quantitative estimate of drug-likeness (QED) is 0.867. The van der Waals surface area contributed by atoms with E-state index in [1.807, 2.05) is 30.3 Å². The number of carbonyl (C=O) groups excluding carboxylic acids is 1. The molecule has 0 fully saturated rings. The third-order valence-corrected chi connectivity index (χ3v) is 3.38. The zero-order valence-corrected chi connectivity index (χ0v) is 10.8. The Bertz CT molecular complexity index is 408. The Balaban J connectivity index is 1.87. The second kappa shape index (κ2) is 7.00. The Kier molecular flexibility index (Phi) is 5.00. The second-order valence-corrected chi connectivity index (χ2v) is 4.83. The Morgan fingerprint density at radius 2 is 1.83 bits per heavy atom. The van der Waals surface area contributed by atoms with E-state index in [-0.39, 0.29) is 5.78 Å². The highest BCUT2D eigenvalue weighted by Crippen LogP contribution is 2.18. The van der Waals surface area contributed by atoms with E-state index in [4.69, 9.17) is 0 Å². The van der Waals surface area contributed by atoms with Crippen molar-refractivity contribution in [1.82, 2.24) is 0 Å². The Labute approximate surface area is 109 Å². The molecule has 0 atom stereocenters. The average Bonchev–Trinajstić information content (AvgIpc) is 2.37. The maximum atomic E-state index is 12.1. The molecule has 0 radical (unpaired) electrons. The number of para-hydroxylation sites is 1. The fourth-order valence-corrected chi connectivity index (χ4v) is 2.30. The van der Waals surface area contributed by atoms with E-state index < -0.39 is 0 Å². The first kappa shape index (κ1) is 12.9. The van der Waals surface area contributed by atoms with Crippen LogP contribution in [0.4, 0.5) is 5.69 Å². The molecule has 0 spiro atoms. The van der Waals surface area contributed by atoms with E-state index in [0.717, 1.165) is 30.5 Å². The van der Waals surface area contributed by atoms with Crippen molar-refractivity contribution in [2.75, 3.05) is 11.9 Å². The van der Waals surface area contributed by atoms with Crippen LogP contribution in [0.25, 0.3) is 0 Å². The SMILES string of the molecule is O=C(CNc1ccccc1)/C1=C/CCCCCC1. The molecule has 0 bridgehead atoms. The molecular weight excluding hydrogens is 222 g/mol. The van der Waals surface area contributed by atoms with E-state index >= 15 is 0 Å². The summed E-state index contributed by atoms with van der Waals surface area (Å²) in [7, 11) is 0. The highest BCUT2D eigenvalue weighted by molar-refractivity contribution is 5.98. The summed E-state index contributed by atoms with van der Waals surface area (Å²) in [6.07, 6.45) is 9.11. The topological polar surface area (TPSA) is 29.1 Å². The maximum Gasteiger partial charge on any atom is 0.177 e. The van der Waals surface area contributed by atoms with Gasteiger partial charge in [-0.15, -0.1) is 0 Å². The van der Waals surface area contributed by atoms with Crippen molar-refractivity contribution in [1.29, 1.82) is 0 Å². The Hall–Kier alpha value is -1.57. The summed E-state index contributed by atoms with van der Waals surface area (Å²) >= 11 is 0. The molecule has 1 aliphatic rings. The van der Waals surface area contributed by atoms with Crippen molar-refractivity contribution in [3.05, 3.63) is 42.0 Å². The minimum atomic E-state index is 0.251. The van der Waals surface area contributed by atoms with Crippen molar-refractivity contribution in [2.45, 2.75) is 38.5 Å². The first-order chi connectivity index (χ1) is 8.86. The van der Waals surface area contributed by atoms with E-state index in [1.165, 1.54) is 19.3 Å². The molecule has 1 aromatic carbocycles. The summed E-state index contributed by atoms with van der Waals surface area (Å²) in [6.45, 7) is 0.413. The van der Waals surface area contributed by atoms with Crippen LogP contribution in [0.15, 0.2) is 42.0 Å². The van der Waals surface area contributed by atoms with Crippen LogP contribution in [0.3, 0.4) is 0 Å². The number of carbonyl (C=O) groups is 1. The van der Waals surface area contributed by atoms with Gasteiger partial charge >= 0.3 is 0 Å². The Morgan fingerprint density at radius 3 is 2.67 bits per heavy atom. The van der Waals surface area contributed by atoms with Crippen LogP contribution < -0.4 is 5.32 Å². The van der Waals surface area contributed by atoms with E-state index in [2.05, 4.69) is 11.4 Å². The first-order valence-corrected chi connectivity index (χ1v) is 6.87. The second-order valence-electron chi connectivity index (χ2n) is 4.83. The smallest absolute Gasteiger partial charge is 0.177 e. The van der Waals surface area contributed by atoms with Crippen LogP contribution in [0.5, 0.6) is 0 Å². The first-order valence-electron chi connectivity index (χ1n) is 6.87. The average molecular weight is 243 g/mol. The summed E-state index contributed by atoms with van der Waals surface area (Å²) in [5.74, 6) is 0.251. The number of ketones is 1. The monoisotopic (exact) mass is 243 g/mol. The lowest BCUT2D eigenvalue weighted by molar-refractivity contribution is -0.114. The van der Waals surface area contributed by atoms with Crippen molar-refractivity contribution >= 4 is 11.5 Å². The summed E-state index contributed by atoms with van der Waals surface area (Å²) in [6, 6.07) is 9.90. The van der Waals surface area contributed by atoms with Crippen LogP contribution in [0, 0.1) is 0 Å². The number of allylic oxidation sites excluding steroid dienone is 1. The third kappa shape index (κ3) is 4.02. The van der Waals surface area contributed by atoms with Gasteiger partial charge in [0.1, 0.15) is 0 Å². The van der Waals surface area contributed by atoms with Gasteiger partial charge in [-0.05, 0) is 43.4 Å². The lowest BCUT2D eigenvalue weighted by Gasteiger charge is -2.11. The normalized spacial score (nSPS) is 19.2. The third-order valence-electron chi connectivity index (χ3n) is 3.38. The van der Waals surface area contributed by atoms with Crippen molar-refractivity contribution < 1.29 is 4.79 Å². The zero-order chi connectivity index (χ0) is 12.6. The number of anilines is 1. The van der Waals surface area contributed by atoms with Gasteiger partial charge in [-0.1, -0.05) is 37.1 Å². The van der Waals surface area contributed by atoms with Gasteiger partial charge in [-0.3, -0.25) is 4.79 Å². The molecule has 1 aromatic rings. The molecule has 0 amide bonds. The van der Waals surface area contributed by atoms with Crippen LogP contribution in [0.2, 0.25) is 0 Å². The minimum Gasteiger partial charge on any atom is -0.378 e. The Morgan fingerprint density at radius 1 is 1.06 bits per heavy atom. The molecule has 0 saturated heterocycles. The van der Waals surface area contributed by atoms with Crippen molar-refractivity contribution in [2.24, 2.45) is 0 Å². The lowest BCUT2D eigenvalue weighted by atomic mass is 9.97. The minimum absolute atomic E-state index is 0.251. The molecule has 0 saturated carbocycles. The van der Waals surface area contributed by atoms with Crippen LogP contribution in [-0.4, -0.2) is 12.3 Å². The largest absolute Gasteiger partial charge is 0.378 e. The lowest BCUT2D eigenvalue weighted by Crippen LogP contribution is -2.16. The highest BCUT2D eigenvalue weighted by atomic mass is 16.1. The van der Waals surface area contributed by atoms with Gasteiger partial charge in [0.05, 0.1) is 6.54 Å². The summed E-state index contributed by atoms with van der Waals surface area (Å²) in [5, 5.41) is 3.19. The summed E-state index contributed by atoms with van der Waals surface area (Å²) in [5.41, 5.74) is 2.04. The molecule has 2 rings (SSSR count). The number of hydrogen-bond acceptors (Lipinski definition) is 2. The molecule has 0 heterocycles. The number of hydrogen-bond donors (Lipinski definition) is 1. The van der Waals surface area contributed by atoms with E-state index in [9.17, 15) is 4.79 Å². The molecule has 0 aromatic heterocycles. The highest BCUT2D eigenvalue weighted by Gasteiger charge is 2.10. The van der Waals surface area contributed by atoms with Gasteiger partial charge in [0.15, 0.2) is 5.78 Å². The summed E-state index contributed by atoms with van der Waals surface area (Å²) < 4.78 is 0. The van der Waals surface area contributed by atoms with Crippen molar-refractivity contribution in [3.8, 4) is 0 Å². The predicted molar refractivity (Wildman–Crippen MR) is 75.7 cm³/mol. The molecule has 0 unspecified atom stereocenters. The molecular formula is C16H21NO. The standard InChI is InChI=1S/C16H21NO/c18-16(13-17-15-11-7-4-8-12-15)14-9-5-2-1-3-6-10-14/h4,7-9,11-12,17H,1-3,5-6,10,13H2/b14-9+. The fourth-order valence-electron chi connectivity index (χ4n) is 2.30. The zero-order valence-electron chi connectivity index (χ0n) is 10.8. The van der Waals surface area contributed by atoms with E-state index in [0.29, 0.717) is 6.54 Å². The molecule has 0 aliphatic heterocycles. The van der Waals surface area contributed by atoms with Crippen LogP contribution in [0.1, 0.15) is 38.5 Å². The number of rotatable bonds is 4. The van der Waals surface area contributed by atoms with Gasteiger partial charge < -0.3 is 5.32 Å². The van der Waals surface area contributed by atoms with Crippen LogP contribution >= 0.6 is 0 Å². The predicted octanol–water partition coefficient (Wildman–Crippen LogP) is 3.95. The van der Waals surface area contributed by atoms with Gasteiger partial charge in [0.25, 0.3) is 0 Å². The van der Waals surface area contributed by atoms with Crippen molar-refractivity contribution in [3.63, 3.8) is 0 Å². The fraction of sp³-hybridized carbons (Fsp3) is 0.438. The molecule has 18 heavy (non-hydrogen) atoms. The summed E-state index contributed by atoms with van der Waals surface area (Å²) in [4.78, 5) is 12.1. The molecule has 2 heteroatoms. The molecule has 96 valence electrons. The van der Waals surface area contributed by atoms with E-state index in [1.54, 1.807) is 0 Å². The maximum absolute atomic E-state index is 12.1. The van der Waals surface area contributed by atoms with Gasteiger partial charge in [-0.2, -0.15) is 0 Å².